The summed E-state index contributed by atoms with van der Waals surface area (Å²) in [6.45, 7) is 6.03. The summed E-state index contributed by atoms with van der Waals surface area (Å²) in [4.78, 5) is 19.9. The van der Waals surface area contributed by atoms with E-state index in [1.54, 1.807) is 24.4 Å². The molecule has 0 unspecified atom stereocenters. The predicted octanol–water partition coefficient (Wildman–Crippen LogP) is 2.91. The second-order valence-electron chi connectivity index (χ2n) is 5.99. The Morgan fingerprint density at radius 1 is 1.32 bits per heavy atom. The highest BCUT2D eigenvalue weighted by atomic mass is 32.1. The summed E-state index contributed by atoms with van der Waals surface area (Å²) < 4.78 is 0. The number of aromatic nitrogens is 1. The molecule has 0 aliphatic carbocycles. The minimum atomic E-state index is -0.280. The van der Waals surface area contributed by atoms with E-state index in [1.807, 2.05) is 32.9 Å². The van der Waals surface area contributed by atoms with Crippen molar-refractivity contribution in [2.75, 3.05) is 5.32 Å². The number of aromatic amines is 1. The van der Waals surface area contributed by atoms with Crippen molar-refractivity contribution in [1.82, 2.24) is 4.98 Å². The van der Waals surface area contributed by atoms with Gasteiger partial charge in [-0.15, -0.1) is 12.6 Å². The SMILES string of the molecule is CC(C)(C)Nc1cc[nH]c(=O)c1C(N)=Nc1cccc(S)c1. The van der Waals surface area contributed by atoms with E-state index in [0.29, 0.717) is 16.9 Å². The first-order valence-electron chi connectivity index (χ1n) is 6.90. The molecule has 1 aromatic heterocycles. The largest absolute Gasteiger partial charge is 0.383 e. The lowest BCUT2D eigenvalue weighted by atomic mass is 10.1. The predicted molar refractivity (Wildman–Crippen MR) is 94.5 cm³/mol. The molecule has 5 nitrogen and oxygen atoms in total. The van der Waals surface area contributed by atoms with Gasteiger partial charge in [0.2, 0.25) is 0 Å². The summed E-state index contributed by atoms with van der Waals surface area (Å²) in [5.41, 5.74) is 7.22. The van der Waals surface area contributed by atoms with Gasteiger partial charge in [-0.05, 0) is 45.0 Å². The topological polar surface area (TPSA) is 83.3 Å². The number of nitrogens with zero attached hydrogens (tertiary/aromatic N) is 1. The molecule has 116 valence electrons. The number of anilines is 1. The minimum Gasteiger partial charge on any atom is -0.383 e. The molecule has 0 bridgehead atoms. The van der Waals surface area contributed by atoms with E-state index >= 15 is 0 Å². The summed E-state index contributed by atoms with van der Waals surface area (Å²) in [7, 11) is 0. The van der Waals surface area contributed by atoms with Crippen molar-refractivity contribution < 1.29 is 0 Å². The van der Waals surface area contributed by atoms with Gasteiger partial charge in [-0.3, -0.25) is 4.79 Å². The van der Waals surface area contributed by atoms with Crippen LogP contribution in [0.25, 0.3) is 0 Å². The number of benzene rings is 1. The van der Waals surface area contributed by atoms with E-state index < -0.39 is 0 Å². The van der Waals surface area contributed by atoms with Gasteiger partial charge in [-0.25, -0.2) is 4.99 Å². The maximum absolute atomic E-state index is 12.2. The van der Waals surface area contributed by atoms with Crippen LogP contribution >= 0.6 is 12.6 Å². The molecule has 0 aliphatic rings. The molecule has 6 heteroatoms. The van der Waals surface area contributed by atoms with Crippen molar-refractivity contribution >= 4 is 29.8 Å². The van der Waals surface area contributed by atoms with Crippen LogP contribution in [0.15, 0.2) is 51.2 Å². The smallest absolute Gasteiger partial charge is 0.261 e. The van der Waals surface area contributed by atoms with E-state index in [9.17, 15) is 4.79 Å². The van der Waals surface area contributed by atoms with Crippen LogP contribution in [-0.4, -0.2) is 16.4 Å². The highest BCUT2D eigenvalue weighted by Gasteiger charge is 2.16. The molecule has 2 rings (SSSR count). The normalized spacial score (nSPS) is 12.3. The van der Waals surface area contributed by atoms with Gasteiger partial charge in [-0.1, -0.05) is 6.07 Å². The summed E-state index contributed by atoms with van der Waals surface area (Å²) >= 11 is 4.27. The van der Waals surface area contributed by atoms with Crippen molar-refractivity contribution in [3.05, 3.63) is 52.4 Å². The summed E-state index contributed by atoms with van der Waals surface area (Å²) in [6, 6.07) is 9.04. The van der Waals surface area contributed by atoms with Gasteiger partial charge in [-0.2, -0.15) is 0 Å². The minimum absolute atomic E-state index is 0.160. The van der Waals surface area contributed by atoms with Gasteiger partial charge < -0.3 is 16.0 Å². The fourth-order valence-electron chi connectivity index (χ4n) is 2.00. The number of H-pyrrole nitrogens is 1. The number of nitrogens with one attached hydrogen (secondary N) is 2. The Kier molecular flexibility index (Phi) is 4.61. The highest BCUT2D eigenvalue weighted by Crippen LogP contribution is 2.20. The lowest BCUT2D eigenvalue weighted by molar-refractivity contribution is 0.633. The van der Waals surface area contributed by atoms with Gasteiger partial charge in [0.05, 0.1) is 11.4 Å². The van der Waals surface area contributed by atoms with Crippen LogP contribution in [0.5, 0.6) is 0 Å². The number of pyridine rings is 1. The Morgan fingerprint density at radius 3 is 2.68 bits per heavy atom. The quantitative estimate of drug-likeness (QED) is 0.399. The molecule has 22 heavy (non-hydrogen) atoms. The molecular formula is C16H20N4OS. The van der Waals surface area contributed by atoms with Gasteiger partial charge in [0.25, 0.3) is 5.56 Å². The van der Waals surface area contributed by atoms with Crippen LogP contribution < -0.4 is 16.6 Å². The fourth-order valence-corrected chi connectivity index (χ4v) is 2.22. The third-order valence-corrected chi connectivity index (χ3v) is 3.08. The monoisotopic (exact) mass is 316 g/mol. The molecule has 1 heterocycles. The molecule has 0 fully saturated rings. The maximum atomic E-state index is 12.2. The fraction of sp³-hybridized carbons (Fsp3) is 0.250. The third-order valence-electron chi connectivity index (χ3n) is 2.81. The molecule has 0 saturated heterocycles. The molecule has 0 amide bonds. The van der Waals surface area contributed by atoms with Crippen LogP contribution in [-0.2, 0) is 0 Å². The maximum Gasteiger partial charge on any atom is 0.261 e. The summed E-state index contributed by atoms with van der Waals surface area (Å²) in [5, 5.41) is 3.27. The first-order valence-corrected chi connectivity index (χ1v) is 7.34. The zero-order valence-corrected chi connectivity index (χ0v) is 13.7. The van der Waals surface area contributed by atoms with Crippen LogP contribution in [0, 0.1) is 0 Å². The third kappa shape index (κ3) is 4.14. The molecule has 0 atom stereocenters. The van der Waals surface area contributed by atoms with E-state index in [-0.39, 0.29) is 16.9 Å². The van der Waals surface area contributed by atoms with E-state index in [2.05, 4.69) is 27.9 Å². The second kappa shape index (κ2) is 6.27. The lowest BCUT2D eigenvalue weighted by Crippen LogP contribution is -2.32. The number of hydrogen-bond acceptors (Lipinski definition) is 4. The zero-order chi connectivity index (χ0) is 16.3. The number of thiol groups is 1. The molecule has 4 N–H and O–H groups in total. The number of aliphatic imine (C=N–C) groups is 1. The number of nitrogens with two attached hydrogens (primary N) is 1. The summed E-state index contributed by atoms with van der Waals surface area (Å²) in [6.07, 6.45) is 1.58. The van der Waals surface area contributed by atoms with E-state index in [1.165, 1.54) is 0 Å². The molecule has 0 radical (unpaired) electrons. The number of rotatable bonds is 3. The van der Waals surface area contributed by atoms with E-state index in [0.717, 1.165) is 4.90 Å². The Bertz CT molecular complexity index is 759. The van der Waals surface area contributed by atoms with Crippen molar-refractivity contribution in [2.24, 2.45) is 10.7 Å². The molecule has 0 spiro atoms. The first-order chi connectivity index (χ1) is 10.3. The van der Waals surface area contributed by atoms with Crippen LogP contribution in [0.1, 0.15) is 26.3 Å². The second-order valence-corrected chi connectivity index (χ2v) is 6.50. The van der Waals surface area contributed by atoms with Gasteiger partial charge in [0.15, 0.2) is 0 Å². The average Bonchev–Trinajstić information content (AvgIpc) is 2.36. The van der Waals surface area contributed by atoms with Gasteiger partial charge in [0.1, 0.15) is 11.4 Å². The Labute approximate surface area is 135 Å². The van der Waals surface area contributed by atoms with Crippen LogP contribution in [0.2, 0.25) is 0 Å². The average molecular weight is 316 g/mol. The molecule has 0 saturated carbocycles. The highest BCUT2D eigenvalue weighted by molar-refractivity contribution is 7.80. The zero-order valence-electron chi connectivity index (χ0n) is 12.8. The molecule has 2 aromatic rings. The van der Waals surface area contributed by atoms with Crippen molar-refractivity contribution in [1.29, 1.82) is 0 Å². The Morgan fingerprint density at radius 2 is 2.05 bits per heavy atom. The first kappa shape index (κ1) is 16.2. The van der Waals surface area contributed by atoms with Crippen molar-refractivity contribution in [3.8, 4) is 0 Å². The summed E-state index contributed by atoms with van der Waals surface area (Å²) in [5.74, 6) is 0.160. The number of amidine groups is 1. The Balaban J connectivity index is 2.49. The molecular weight excluding hydrogens is 296 g/mol. The van der Waals surface area contributed by atoms with Crippen LogP contribution in [0.3, 0.4) is 0 Å². The molecule has 1 aromatic carbocycles. The lowest BCUT2D eigenvalue weighted by Gasteiger charge is -2.23. The van der Waals surface area contributed by atoms with Crippen molar-refractivity contribution in [3.63, 3.8) is 0 Å². The van der Waals surface area contributed by atoms with Gasteiger partial charge >= 0.3 is 0 Å². The molecule has 0 aliphatic heterocycles. The Hall–Kier alpha value is -2.21. The van der Waals surface area contributed by atoms with Gasteiger partial charge in [0, 0.05) is 16.6 Å². The van der Waals surface area contributed by atoms with Crippen molar-refractivity contribution in [2.45, 2.75) is 31.2 Å². The number of hydrogen-bond donors (Lipinski definition) is 4. The van der Waals surface area contributed by atoms with E-state index in [4.69, 9.17) is 5.73 Å². The van der Waals surface area contributed by atoms with Crippen LogP contribution in [0.4, 0.5) is 11.4 Å². The standard InChI is InChI=1S/C16H20N4OS/c1-16(2,3)20-12-7-8-18-15(21)13(12)14(17)19-10-5-4-6-11(22)9-10/h4-9,22H,1-3H3,(H2,17,19)(H2,18,20,21).